The molecule has 0 amide bonds. The van der Waals surface area contributed by atoms with Gasteiger partial charge in [0.15, 0.2) is 0 Å². The van der Waals surface area contributed by atoms with Gasteiger partial charge in [0, 0.05) is 59.1 Å². The largest absolute Gasteiger partial charge is 0.310 e. The number of rotatable bonds is 5. The van der Waals surface area contributed by atoms with E-state index in [9.17, 15) is 0 Å². The molecule has 0 unspecified atom stereocenters. The molecule has 0 spiro atoms. The molecule has 0 aliphatic carbocycles. The molecule has 0 aliphatic rings. The lowest BCUT2D eigenvalue weighted by Gasteiger charge is -2.26. The quantitative estimate of drug-likeness (QED) is 0.181. The highest BCUT2D eigenvalue weighted by Crippen LogP contribution is 2.43. The number of nitrogens with zero attached hydrogens (tertiary/aromatic N) is 2. The van der Waals surface area contributed by atoms with Crippen molar-refractivity contribution >= 4 is 81.1 Å². The summed E-state index contributed by atoms with van der Waals surface area (Å²) in [6.07, 6.45) is 0. The van der Waals surface area contributed by atoms with E-state index in [0.717, 1.165) is 17.1 Å². The van der Waals surface area contributed by atoms with Gasteiger partial charge in [-0.3, -0.25) is 0 Å². The predicted molar refractivity (Wildman–Crippen MR) is 211 cm³/mol. The first-order chi connectivity index (χ1) is 24.3. The summed E-state index contributed by atoms with van der Waals surface area (Å²) < 4.78 is 5.04. The molecule has 0 saturated carbocycles. The van der Waals surface area contributed by atoms with Crippen molar-refractivity contribution < 1.29 is 0 Å². The Morgan fingerprint density at radius 3 is 1.92 bits per heavy atom. The smallest absolute Gasteiger partial charge is 0.0619 e. The number of aromatic nitrogens is 1. The summed E-state index contributed by atoms with van der Waals surface area (Å²) in [7, 11) is 0. The molecule has 0 N–H and O–H groups in total. The van der Waals surface area contributed by atoms with E-state index < -0.39 is 0 Å². The van der Waals surface area contributed by atoms with Crippen LogP contribution in [0.15, 0.2) is 182 Å². The molecule has 3 heteroatoms. The van der Waals surface area contributed by atoms with Gasteiger partial charge in [-0.25, -0.2) is 0 Å². The van der Waals surface area contributed by atoms with Crippen LogP contribution in [0.2, 0.25) is 0 Å². The maximum absolute atomic E-state index is 2.42. The monoisotopic (exact) mass is 642 g/mol. The number of para-hydroxylation sites is 2. The third-order valence-electron chi connectivity index (χ3n) is 9.74. The maximum Gasteiger partial charge on any atom is 0.0619 e. The topological polar surface area (TPSA) is 8.17 Å². The number of benzene rings is 8. The van der Waals surface area contributed by atoms with Gasteiger partial charge in [0.1, 0.15) is 0 Å². The van der Waals surface area contributed by atoms with Crippen molar-refractivity contribution in [3.63, 3.8) is 0 Å². The number of fused-ring (bicyclic) bond motifs is 8. The van der Waals surface area contributed by atoms with E-state index in [-0.39, 0.29) is 0 Å². The van der Waals surface area contributed by atoms with Gasteiger partial charge in [0.05, 0.1) is 11.0 Å². The second kappa shape index (κ2) is 11.2. The third kappa shape index (κ3) is 4.55. The van der Waals surface area contributed by atoms with E-state index in [1.165, 1.54) is 69.6 Å². The average molecular weight is 643 g/mol. The first-order valence-electron chi connectivity index (χ1n) is 16.7. The molecule has 230 valence electrons. The predicted octanol–water partition coefficient (Wildman–Crippen LogP) is 13.4. The zero-order valence-corrected chi connectivity index (χ0v) is 27.4. The van der Waals surface area contributed by atoms with Crippen LogP contribution in [0.4, 0.5) is 17.1 Å². The maximum atomic E-state index is 2.42. The third-order valence-corrected chi connectivity index (χ3v) is 10.9. The van der Waals surface area contributed by atoms with Crippen molar-refractivity contribution in [2.45, 2.75) is 0 Å². The number of hydrogen-bond donors (Lipinski definition) is 0. The van der Waals surface area contributed by atoms with Crippen molar-refractivity contribution in [3.8, 4) is 16.8 Å². The van der Waals surface area contributed by atoms with E-state index in [4.69, 9.17) is 0 Å². The van der Waals surface area contributed by atoms with Crippen molar-refractivity contribution in [1.82, 2.24) is 4.57 Å². The van der Waals surface area contributed by atoms with Gasteiger partial charge in [0.25, 0.3) is 0 Å². The Morgan fingerprint density at radius 2 is 1.04 bits per heavy atom. The normalized spacial score (nSPS) is 11.7. The van der Waals surface area contributed by atoms with Crippen LogP contribution in [0.1, 0.15) is 0 Å². The van der Waals surface area contributed by atoms with E-state index >= 15 is 0 Å². The highest BCUT2D eigenvalue weighted by Gasteiger charge is 2.19. The molecule has 0 fully saturated rings. The van der Waals surface area contributed by atoms with E-state index in [1.807, 2.05) is 11.3 Å². The molecule has 10 rings (SSSR count). The molecular formula is C46H30N2S. The lowest BCUT2D eigenvalue weighted by molar-refractivity contribution is 1.19. The molecule has 0 atom stereocenters. The zero-order chi connectivity index (χ0) is 32.3. The second-order valence-corrected chi connectivity index (χ2v) is 13.7. The Kier molecular flexibility index (Phi) is 6.39. The fourth-order valence-electron chi connectivity index (χ4n) is 7.52. The Labute approximate surface area is 288 Å². The Bertz CT molecular complexity index is 2830. The van der Waals surface area contributed by atoms with Crippen LogP contribution in [0.3, 0.4) is 0 Å². The van der Waals surface area contributed by atoms with Crippen molar-refractivity contribution in [1.29, 1.82) is 0 Å². The second-order valence-electron chi connectivity index (χ2n) is 12.6. The van der Waals surface area contributed by atoms with Gasteiger partial charge in [-0.1, -0.05) is 115 Å². The molecule has 2 aromatic heterocycles. The minimum Gasteiger partial charge on any atom is -0.310 e. The van der Waals surface area contributed by atoms with Gasteiger partial charge >= 0.3 is 0 Å². The molecule has 10 aromatic rings. The number of anilines is 3. The van der Waals surface area contributed by atoms with Crippen LogP contribution in [-0.2, 0) is 0 Å². The summed E-state index contributed by atoms with van der Waals surface area (Å²) in [5.74, 6) is 0. The van der Waals surface area contributed by atoms with Crippen molar-refractivity contribution in [2.24, 2.45) is 0 Å². The molecular weight excluding hydrogens is 613 g/mol. The van der Waals surface area contributed by atoms with Gasteiger partial charge in [-0.15, -0.1) is 11.3 Å². The Hall–Kier alpha value is -6.16. The molecule has 0 aliphatic heterocycles. The molecule has 8 aromatic carbocycles. The van der Waals surface area contributed by atoms with Gasteiger partial charge in [-0.05, 0) is 83.2 Å². The zero-order valence-electron chi connectivity index (χ0n) is 26.6. The average Bonchev–Trinajstić information content (AvgIpc) is 3.71. The molecule has 2 heterocycles. The van der Waals surface area contributed by atoms with Crippen LogP contribution in [0.5, 0.6) is 0 Å². The van der Waals surface area contributed by atoms with Crippen LogP contribution in [-0.4, -0.2) is 4.57 Å². The molecule has 49 heavy (non-hydrogen) atoms. The molecule has 0 saturated heterocycles. The number of thiophene rings is 1. The number of hydrogen-bond acceptors (Lipinski definition) is 2. The minimum absolute atomic E-state index is 1.12. The Balaban J connectivity index is 1.21. The van der Waals surface area contributed by atoms with Gasteiger partial charge in [0.2, 0.25) is 0 Å². The highest BCUT2D eigenvalue weighted by atomic mass is 32.1. The minimum atomic E-state index is 1.12. The summed E-state index contributed by atoms with van der Waals surface area (Å²) in [6.45, 7) is 0. The lowest BCUT2D eigenvalue weighted by Crippen LogP contribution is -2.10. The van der Waals surface area contributed by atoms with E-state index in [0.29, 0.717) is 0 Å². The summed E-state index contributed by atoms with van der Waals surface area (Å²) in [5, 5.41) is 7.56. The van der Waals surface area contributed by atoms with Crippen molar-refractivity contribution in [2.75, 3.05) is 4.90 Å². The molecule has 0 bridgehead atoms. The summed E-state index contributed by atoms with van der Waals surface area (Å²) in [5.41, 5.74) is 9.41. The fourth-order valence-corrected chi connectivity index (χ4v) is 8.60. The van der Waals surface area contributed by atoms with Gasteiger partial charge in [-0.2, -0.15) is 0 Å². The van der Waals surface area contributed by atoms with E-state index in [2.05, 4.69) is 191 Å². The lowest BCUT2D eigenvalue weighted by atomic mass is 10.0. The summed E-state index contributed by atoms with van der Waals surface area (Å²) in [6, 6.07) is 66.2. The molecule has 0 radical (unpaired) electrons. The SMILES string of the molecule is c1ccc(-c2cccc(N(c3ccc4c(ccc5c6ccccc6n(-c6ccccc6)c45)c3)c3ccc4sc5ccccc5c4c3)c2)cc1. The van der Waals surface area contributed by atoms with Gasteiger partial charge < -0.3 is 9.47 Å². The Morgan fingerprint density at radius 1 is 0.388 bits per heavy atom. The van der Waals surface area contributed by atoms with E-state index in [1.54, 1.807) is 0 Å². The summed E-state index contributed by atoms with van der Waals surface area (Å²) >= 11 is 1.86. The fraction of sp³-hybridized carbons (Fsp3) is 0. The van der Waals surface area contributed by atoms with Crippen LogP contribution >= 0.6 is 11.3 Å². The molecule has 2 nitrogen and oxygen atoms in total. The van der Waals surface area contributed by atoms with Crippen LogP contribution < -0.4 is 4.90 Å². The first kappa shape index (κ1) is 27.9. The first-order valence-corrected chi connectivity index (χ1v) is 17.5. The van der Waals surface area contributed by atoms with Crippen LogP contribution in [0, 0.1) is 0 Å². The van der Waals surface area contributed by atoms with Crippen LogP contribution in [0.25, 0.3) is 69.6 Å². The summed E-state index contributed by atoms with van der Waals surface area (Å²) in [4.78, 5) is 2.41. The standard InChI is InChI=1S/C46H30N2S/c1-3-12-31(13-4-1)32-14-11-17-35(28-32)47(37-24-27-45-42(30-37)40-19-8-10-21-44(40)49-45)36-23-26-38-33(29-36)22-25-41-39-18-7-9-20-43(39)48(46(38)41)34-15-5-2-6-16-34/h1-30H. The van der Waals surface area contributed by atoms with Crippen molar-refractivity contribution in [3.05, 3.63) is 182 Å². The highest BCUT2D eigenvalue weighted by molar-refractivity contribution is 7.25.